The van der Waals surface area contributed by atoms with Crippen molar-refractivity contribution in [1.29, 1.82) is 0 Å². The summed E-state index contributed by atoms with van der Waals surface area (Å²) in [6.07, 6.45) is 2.26. The van der Waals surface area contributed by atoms with E-state index in [1.54, 1.807) is 37.4 Å². The van der Waals surface area contributed by atoms with E-state index in [2.05, 4.69) is 5.32 Å². The fourth-order valence-electron chi connectivity index (χ4n) is 3.57. The summed E-state index contributed by atoms with van der Waals surface area (Å²) in [5, 5.41) is 2.60. The highest BCUT2D eigenvalue weighted by atomic mass is 32.2. The minimum Gasteiger partial charge on any atom is -0.497 e. The van der Waals surface area contributed by atoms with Crippen LogP contribution in [0.25, 0.3) is 0 Å². The van der Waals surface area contributed by atoms with Crippen LogP contribution in [0.4, 0.5) is 5.69 Å². The molecule has 0 heterocycles. The predicted octanol–water partition coefficient (Wildman–Crippen LogP) is 2.58. The number of aryl methyl sites for hydroxylation is 1. The molecule has 2 amide bonds. The molecule has 33 heavy (non-hydrogen) atoms. The highest BCUT2D eigenvalue weighted by Gasteiger charge is 2.31. The van der Waals surface area contributed by atoms with E-state index in [-0.39, 0.29) is 12.5 Å². The van der Waals surface area contributed by atoms with E-state index in [1.807, 2.05) is 32.0 Å². The number of hydrogen-bond acceptors (Lipinski definition) is 5. The number of ether oxygens (including phenoxy) is 1. The molecule has 9 heteroatoms. The summed E-state index contributed by atoms with van der Waals surface area (Å²) < 4.78 is 31.5. The van der Waals surface area contributed by atoms with Gasteiger partial charge in [-0.15, -0.1) is 0 Å². The number of carbonyl (C=O) groups excluding carboxylic acids is 2. The SMILES string of the molecule is CCc1ccc(N(CC(=O)N(Cc2cccc(OC)c2)[C@@H](CC)C(=O)NC)S(C)(=O)=O)cc1. The van der Waals surface area contributed by atoms with Crippen LogP contribution < -0.4 is 14.4 Å². The van der Waals surface area contributed by atoms with Gasteiger partial charge in [0.1, 0.15) is 18.3 Å². The van der Waals surface area contributed by atoms with Gasteiger partial charge in [0, 0.05) is 13.6 Å². The van der Waals surface area contributed by atoms with Gasteiger partial charge in [-0.25, -0.2) is 8.42 Å². The molecule has 2 rings (SSSR count). The third-order valence-corrected chi connectivity index (χ3v) is 6.57. The molecule has 0 aromatic heterocycles. The maximum absolute atomic E-state index is 13.5. The molecule has 0 saturated carbocycles. The number of carbonyl (C=O) groups is 2. The van der Waals surface area contributed by atoms with Crippen molar-refractivity contribution in [2.24, 2.45) is 0 Å². The third kappa shape index (κ3) is 6.95. The molecule has 0 unspecified atom stereocenters. The Hall–Kier alpha value is -3.07. The second-order valence-electron chi connectivity index (χ2n) is 7.70. The van der Waals surface area contributed by atoms with E-state index < -0.39 is 28.5 Å². The maximum atomic E-state index is 13.5. The predicted molar refractivity (Wildman–Crippen MR) is 130 cm³/mol. The average Bonchev–Trinajstić information content (AvgIpc) is 2.81. The van der Waals surface area contributed by atoms with Gasteiger partial charge >= 0.3 is 0 Å². The van der Waals surface area contributed by atoms with Crippen LogP contribution in [0.5, 0.6) is 5.75 Å². The number of nitrogens with one attached hydrogen (secondary N) is 1. The van der Waals surface area contributed by atoms with E-state index >= 15 is 0 Å². The van der Waals surface area contributed by atoms with Gasteiger partial charge in [0.15, 0.2) is 0 Å². The van der Waals surface area contributed by atoms with Crippen LogP contribution >= 0.6 is 0 Å². The number of anilines is 1. The van der Waals surface area contributed by atoms with Crippen molar-refractivity contribution in [3.8, 4) is 5.75 Å². The van der Waals surface area contributed by atoms with E-state index in [0.29, 0.717) is 17.9 Å². The minimum absolute atomic E-state index is 0.133. The lowest BCUT2D eigenvalue weighted by atomic mass is 10.1. The largest absolute Gasteiger partial charge is 0.497 e. The number of methoxy groups -OCH3 is 1. The molecule has 2 aromatic rings. The van der Waals surface area contributed by atoms with E-state index in [0.717, 1.165) is 28.1 Å². The van der Waals surface area contributed by atoms with Crippen LogP contribution in [0.2, 0.25) is 0 Å². The Balaban J connectivity index is 2.42. The average molecular weight is 476 g/mol. The number of nitrogens with zero attached hydrogens (tertiary/aromatic N) is 2. The van der Waals surface area contributed by atoms with Gasteiger partial charge in [-0.2, -0.15) is 0 Å². The minimum atomic E-state index is -3.74. The summed E-state index contributed by atoms with van der Waals surface area (Å²) in [7, 11) is -0.681. The first kappa shape index (κ1) is 26.2. The summed E-state index contributed by atoms with van der Waals surface area (Å²) in [4.78, 5) is 27.5. The molecule has 1 atom stereocenters. The molecular weight excluding hydrogens is 442 g/mol. The molecule has 0 radical (unpaired) electrons. The van der Waals surface area contributed by atoms with Crippen LogP contribution in [0.1, 0.15) is 31.4 Å². The number of likely N-dealkylation sites (N-methyl/N-ethyl adjacent to an activating group) is 1. The lowest BCUT2D eigenvalue weighted by Gasteiger charge is -2.32. The molecule has 0 aliphatic heterocycles. The molecule has 0 spiro atoms. The van der Waals surface area contributed by atoms with Gasteiger partial charge in [0.25, 0.3) is 0 Å². The Bertz CT molecular complexity index is 1050. The Labute approximate surface area is 196 Å². The lowest BCUT2D eigenvalue weighted by Crippen LogP contribution is -2.51. The summed E-state index contributed by atoms with van der Waals surface area (Å²) in [5.74, 6) is -0.160. The number of amides is 2. The fourth-order valence-corrected chi connectivity index (χ4v) is 4.41. The highest BCUT2D eigenvalue weighted by Crippen LogP contribution is 2.21. The number of rotatable bonds is 11. The Morgan fingerprint density at radius 2 is 1.73 bits per heavy atom. The first-order valence-electron chi connectivity index (χ1n) is 10.8. The van der Waals surface area contributed by atoms with Crippen molar-refractivity contribution in [2.45, 2.75) is 39.3 Å². The number of benzene rings is 2. The van der Waals surface area contributed by atoms with E-state index in [4.69, 9.17) is 4.74 Å². The molecule has 0 aliphatic carbocycles. The number of hydrogen-bond donors (Lipinski definition) is 1. The van der Waals surface area contributed by atoms with Gasteiger partial charge < -0.3 is 15.0 Å². The zero-order valence-electron chi connectivity index (χ0n) is 19.9. The van der Waals surface area contributed by atoms with Crippen LogP contribution in [-0.4, -0.2) is 58.1 Å². The Kier molecular flexibility index (Phi) is 9.28. The summed E-state index contributed by atoms with van der Waals surface area (Å²) in [6, 6.07) is 13.5. The smallest absolute Gasteiger partial charge is 0.244 e. The summed E-state index contributed by atoms with van der Waals surface area (Å²) in [6.45, 7) is 3.53. The quantitative estimate of drug-likeness (QED) is 0.539. The number of sulfonamides is 1. The van der Waals surface area contributed by atoms with Gasteiger partial charge in [0.2, 0.25) is 21.8 Å². The first-order valence-corrected chi connectivity index (χ1v) is 12.7. The molecule has 2 aromatic carbocycles. The van der Waals surface area contributed by atoms with Gasteiger partial charge in [-0.3, -0.25) is 13.9 Å². The van der Waals surface area contributed by atoms with Crippen LogP contribution in [0, 0.1) is 0 Å². The second-order valence-corrected chi connectivity index (χ2v) is 9.61. The van der Waals surface area contributed by atoms with E-state index in [9.17, 15) is 18.0 Å². The zero-order chi connectivity index (χ0) is 24.6. The highest BCUT2D eigenvalue weighted by molar-refractivity contribution is 7.92. The fraction of sp³-hybridized carbons (Fsp3) is 0.417. The van der Waals surface area contributed by atoms with Crippen molar-refractivity contribution >= 4 is 27.5 Å². The molecule has 0 aliphatic rings. The van der Waals surface area contributed by atoms with Crippen molar-refractivity contribution in [3.63, 3.8) is 0 Å². The van der Waals surface area contributed by atoms with Gasteiger partial charge in [0.05, 0.1) is 19.1 Å². The van der Waals surface area contributed by atoms with Crippen LogP contribution in [0.15, 0.2) is 48.5 Å². The van der Waals surface area contributed by atoms with E-state index in [1.165, 1.54) is 11.9 Å². The van der Waals surface area contributed by atoms with Crippen molar-refractivity contribution in [1.82, 2.24) is 10.2 Å². The molecule has 1 N–H and O–H groups in total. The van der Waals surface area contributed by atoms with Crippen molar-refractivity contribution in [2.75, 3.05) is 31.3 Å². The zero-order valence-corrected chi connectivity index (χ0v) is 20.7. The molecule has 0 saturated heterocycles. The third-order valence-electron chi connectivity index (χ3n) is 5.43. The normalized spacial score (nSPS) is 12.0. The van der Waals surface area contributed by atoms with Crippen molar-refractivity contribution < 1.29 is 22.7 Å². The second kappa shape index (κ2) is 11.7. The first-order chi connectivity index (χ1) is 15.6. The monoisotopic (exact) mass is 475 g/mol. The summed E-state index contributed by atoms with van der Waals surface area (Å²) in [5.41, 5.74) is 2.23. The van der Waals surface area contributed by atoms with Crippen molar-refractivity contribution in [3.05, 3.63) is 59.7 Å². The Morgan fingerprint density at radius 3 is 2.24 bits per heavy atom. The lowest BCUT2D eigenvalue weighted by molar-refractivity contribution is -0.140. The molecule has 0 fully saturated rings. The van der Waals surface area contributed by atoms with Crippen LogP contribution in [0.3, 0.4) is 0 Å². The van der Waals surface area contributed by atoms with Gasteiger partial charge in [-0.1, -0.05) is 38.1 Å². The maximum Gasteiger partial charge on any atom is 0.244 e. The summed E-state index contributed by atoms with van der Waals surface area (Å²) >= 11 is 0. The van der Waals surface area contributed by atoms with Gasteiger partial charge in [-0.05, 0) is 48.2 Å². The molecule has 8 nitrogen and oxygen atoms in total. The standard InChI is InChI=1S/C24H33N3O5S/c1-6-18-11-13-20(14-12-18)27(33(5,30)31)17-23(28)26(22(7-2)24(29)25-3)16-19-9-8-10-21(15-19)32-4/h8-15,22H,6-7,16-17H2,1-5H3,(H,25,29)/t22-/m0/s1. The Morgan fingerprint density at radius 1 is 1.06 bits per heavy atom. The molecule has 180 valence electrons. The topological polar surface area (TPSA) is 96.0 Å². The molecule has 0 bridgehead atoms. The van der Waals surface area contributed by atoms with Crippen LogP contribution in [-0.2, 0) is 32.6 Å². The molecular formula is C24H33N3O5S.